The molecule has 86 valence electrons. The first-order valence-electron chi connectivity index (χ1n) is 4.91. The minimum atomic E-state index is -0.421. The molecule has 0 saturated carbocycles. The lowest BCUT2D eigenvalue weighted by atomic mass is 10.2. The van der Waals surface area contributed by atoms with E-state index in [0.29, 0.717) is 18.5 Å². The van der Waals surface area contributed by atoms with Gasteiger partial charge >= 0.3 is 0 Å². The minimum absolute atomic E-state index is 0.0691. The molecule has 0 fully saturated rings. The lowest BCUT2D eigenvalue weighted by Gasteiger charge is -1.99. The summed E-state index contributed by atoms with van der Waals surface area (Å²) in [6, 6.07) is 1.32. The fourth-order valence-corrected chi connectivity index (χ4v) is 1.14. The first kappa shape index (κ1) is 12.2. The normalized spacial score (nSPS) is 10.6. The number of nitrogen functional groups attached to an aromatic ring is 1. The van der Waals surface area contributed by atoms with E-state index in [2.05, 4.69) is 10.3 Å². The molecule has 4 nitrogen and oxygen atoms in total. The number of nitrogens with zero attached hydrogens (tertiary/aromatic N) is 1. The maximum Gasteiger partial charge on any atom is 0.216 e. The van der Waals surface area contributed by atoms with E-state index in [1.54, 1.807) is 6.08 Å². The zero-order valence-corrected chi connectivity index (χ0v) is 9.03. The van der Waals surface area contributed by atoms with Gasteiger partial charge in [0.15, 0.2) is 0 Å². The van der Waals surface area contributed by atoms with Crippen molar-refractivity contribution >= 4 is 17.8 Å². The maximum atomic E-state index is 12.8. The molecule has 0 radical (unpaired) electrons. The first-order valence-corrected chi connectivity index (χ1v) is 4.91. The molecule has 0 unspecified atom stereocenters. The third kappa shape index (κ3) is 4.08. The van der Waals surface area contributed by atoms with Gasteiger partial charge in [0.25, 0.3) is 0 Å². The number of hydrogen-bond donors (Lipinski definition) is 2. The van der Waals surface area contributed by atoms with Crippen LogP contribution in [0.3, 0.4) is 0 Å². The Hall–Kier alpha value is -1.91. The molecule has 1 amide bonds. The predicted octanol–water partition coefficient (Wildman–Crippen LogP) is 1.34. The molecule has 3 N–H and O–H groups in total. The molecule has 1 rings (SSSR count). The number of halogens is 1. The number of anilines is 1. The number of nitrogens with two attached hydrogens (primary N) is 1. The Morgan fingerprint density at radius 1 is 1.69 bits per heavy atom. The Morgan fingerprint density at radius 2 is 2.44 bits per heavy atom. The number of amides is 1. The van der Waals surface area contributed by atoms with Crippen LogP contribution in [0, 0.1) is 5.82 Å². The molecule has 0 aromatic carbocycles. The third-order valence-electron chi connectivity index (χ3n) is 1.90. The van der Waals surface area contributed by atoms with Gasteiger partial charge in [-0.2, -0.15) is 0 Å². The molecule has 0 spiro atoms. The second kappa shape index (κ2) is 5.85. The van der Waals surface area contributed by atoms with Crippen LogP contribution in [0.5, 0.6) is 0 Å². The Bertz CT molecular complexity index is 404. The molecular formula is C11H14FN3O. The highest BCUT2D eigenvalue weighted by Crippen LogP contribution is 2.11. The predicted molar refractivity (Wildman–Crippen MR) is 60.9 cm³/mol. The first-order chi connectivity index (χ1) is 7.59. The summed E-state index contributed by atoms with van der Waals surface area (Å²) in [5.74, 6) is -0.201. The highest BCUT2D eigenvalue weighted by atomic mass is 19.1. The van der Waals surface area contributed by atoms with Crippen LogP contribution in [0.15, 0.2) is 18.3 Å². The Kier molecular flexibility index (Phi) is 4.44. The number of rotatable bonds is 4. The van der Waals surface area contributed by atoms with Crippen LogP contribution in [0.2, 0.25) is 0 Å². The third-order valence-corrected chi connectivity index (χ3v) is 1.90. The minimum Gasteiger partial charge on any atom is -0.383 e. The molecule has 0 bridgehead atoms. The number of carbonyl (C=O) groups excluding carboxylic acids is 1. The van der Waals surface area contributed by atoms with E-state index in [9.17, 15) is 9.18 Å². The molecule has 0 aliphatic carbocycles. The topological polar surface area (TPSA) is 68.0 Å². The van der Waals surface area contributed by atoms with Crippen molar-refractivity contribution in [2.75, 3.05) is 12.3 Å². The van der Waals surface area contributed by atoms with Crippen LogP contribution in [0.4, 0.5) is 10.2 Å². The summed E-state index contributed by atoms with van der Waals surface area (Å²) < 4.78 is 12.8. The van der Waals surface area contributed by atoms with Crippen LogP contribution in [-0.4, -0.2) is 17.4 Å². The summed E-state index contributed by atoms with van der Waals surface area (Å²) in [5.41, 5.74) is 6.10. The summed E-state index contributed by atoms with van der Waals surface area (Å²) in [6.07, 6.45) is 5.23. The van der Waals surface area contributed by atoms with Crippen molar-refractivity contribution in [3.8, 4) is 0 Å². The lowest BCUT2D eigenvalue weighted by molar-refractivity contribution is -0.118. The highest BCUT2D eigenvalue weighted by molar-refractivity contribution is 5.72. The zero-order chi connectivity index (χ0) is 12.0. The molecule has 0 atom stereocenters. The number of hydrogen-bond acceptors (Lipinski definition) is 3. The Balaban J connectivity index is 2.49. The molecule has 1 heterocycles. The number of pyridine rings is 1. The second-order valence-corrected chi connectivity index (χ2v) is 3.30. The summed E-state index contributed by atoms with van der Waals surface area (Å²) in [6.45, 7) is 2.01. The van der Waals surface area contributed by atoms with Gasteiger partial charge in [-0.3, -0.25) is 4.79 Å². The second-order valence-electron chi connectivity index (χ2n) is 3.30. The van der Waals surface area contributed by atoms with Crippen molar-refractivity contribution in [1.82, 2.24) is 10.3 Å². The van der Waals surface area contributed by atoms with Crippen LogP contribution in [-0.2, 0) is 4.79 Å². The van der Waals surface area contributed by atoms with Crippen molar-refractivity contribution < 1.29 is 9.18 Å². The maximum absolute atomic E-state index is 12.8. The largest absolute Gasteiger partial charge is 0.383 e. The van der Waals surface area contributed by atoms with Gasteiger partial charge in [-0.15, -0.1) is 0 Å². The van der Waals surface area contributed by atoms with E-state index in [-0.39, 0.29) is 11.7 Å². The van der Waals surface area contributed by atoms with E-state index in [0.717, 1.165) is 6.20 Å². The molecule has 1 aromatic heterocycles. The van der Waals surface area contributed by atoms with Crippen LogP contribution in [0.25, 0.3) is 6.08 Å². The van der Waals surface area contributed by atoms with Crippen molar-refractivity contribution in [2.24, 2.45) is 0 Å². The van der Waals surface area contributed by atoms with Gasteiger partial charge in [0, 0.05) is 19.0 Å². The fraction of sp³-hybridized carbons (Fsp3) is 0.273. The van der Waals surface area contributed by atoms with E-state index in [4.69, 9.17) is 5.73 Å². The van der Waals surface area contributed by atoms with Crippen molar-refractivity contribution in [3.05, 3.63) is 29.7 Å². The summed E-state index contributed by atoms with van der Waals surface area (Å²) in [4.78, 5) is 14.2. The quantitative estimate of drug-likeness (QED) is 0.757. The molecular weight excluding hydrogens is 209 g/mol. The molecule has 5 heteroatoms. The average Bonchev–Trinajstić information content (AvgIpc) is 2.22. The summed E-state index contributed by atoms with van der Waals surface area (Å²) in [7, 11) is 0. The number of carbonyl (C=O) groups is 1. The van der Waals surface area contributed by atoms with Gasteiger partial charge in [0.2, 0.25) is 5.91 Å². The average molecular weight is 223 g/mol. The molecule has 1 aromatic rings. The van der Waals surface area contributed by atoms with Crippen molar-refractivity contribution in [3.63, 3.8) is 0 Å². The smallest absolute Gasteiger partial charge is 0.216 e. The Labute approximate surface area is 93.4 Å². The highest BCUT2D eigenvalue weighted by Gasteiger charge is 1.98. The number of nitrogens with one attached hydrogen (secondary N) is 1. The van der Waals surface area contributed by atoms with Gasteiger partial charge in [-0.25, -0.2) is 9.37 Å². The van der Waals surface area contributed by atoms with Crippen LogP contribution < -0.4 is 11.1 Å². The van der Waals surface area contributed by atoms with Gasteiger partial charge in [-0.1, -0.05) is 12.2 Å². The van der Waals surface area contributed by atoms with Gasteiger partial charge in [0.05, 0.1) is 6.20 Å². The van der Waals surface area contributed by atoms with Crippen molar-refractivity contribution in [2.45, 2.75) is 13.3 Å². The van der Waals surface area contributed by atoms with E-state index >= 15 is 0 Å². The molecule has 0 saturated heterocycles. The SMILES string of the molecule is CC(=O)NCCC=Cc1cc(F)cnc1N. The van der Waals surface area contributed by atoms with Crippen LogP contribution >= 0.6 is 0 Å². The van der Waals surface area contributed by atoms with Crippen molar-refractivity contribution in [1.29, 1.82) is 0 Å². The molecule has 0 aliphatic heterocycles. The van der Waals surface area contributed by atoms with E-state index in [1.165, 1.54) is 13.0 Å². The summed E-state index contributed by atoms with van der Waals surface area (Å²) >= 11 is 0. The Morgan fingerprint density at radius 3 is 3.12 bits per heavy atom. The summed E-state index contributed by atoms with van der Waals surface area (Å²) in [5, 5.41) is 2.65. The van der Waals surface area contributed by atoms with Gasteiger partial charge in [-0.05, 0) is 12.5 Å². The molecule has 16 heavy (non-hydrogen) atoms. The van der Waals surface area contributed by atoms with Gasteiger partial charge in [0.1, 0.15) is 11.6 Å². The number of aromatic nitrogens is 1. The zero-order valence-electron chi connectivity index (χ0n) is 9.03. The van der Waals surface area contributed by atoms with Crippen LogP contribution in [0.1, 0.15) is 18.9 Å². The lowest BCUT2D eigenvalue weighted by Crippen LogP contribution is -2.20. The van der Waals surface area contributed by atoms with Gasteiger partial charge < -0.3 is 11.1 Å². The monoisotopic (exact) mass is 223 g/mol. The van der Waals surface area contributed by atoms with E-state index in [1.807, 2.05) is 6.08 Å². The fourth-order valence-electron chi connectivity index (χ4n) is 1.14. The standard InChI is InChI=1S/C11H14FN3O/c1-8(16)14-5-3-2-4-9-6-10(12)7-15-11(9)13/h2,4,6-7H,3,5H2,1H3,(H2,13,15)(H,14,16). The van der Waals surface area contributed by atoms with E-state index < -0.39 is 5.82 Å². The molecule has 0 aliphatic rings.